The molecule has 0 heterocycles. The number of anilines is 1. The second-order valence-corrected chi connectivity index (χ2v) is 8.41. The van der Waals surface area contributed by atoms with Crippen LogP contribution in [-0.2, 0) is 10.0 Å². The van der Waals surface area contributed by atoms with Crippen LogP contribution in [0.5, 0.6) is 0 Å². The molecule has 3 aromatic rings. The van der Waals surface area contributed by atoms with Crippen molar-refractivity contribution in [3.8, 4) is 0 Å². The van der Waals surface area contributed by atoms with E-state index < -0.39 is 22.0 Å². The molecule has 5 nitrogen and oxygen atoms in total. The lowest BCUT2D eigenvalue weighted by Gasteiger charge is -2.15. The molecule has 0 aromatic heterocycles. The van der Waals surface area contributed by atoms with Crippen LogP contribution in [0.4, 0.5) is 10.1 Å². The molecule has 0 fully saturated rings. The minimum Gasteiger partial charge on any atom is -0.322 e. The summed E-state index contributed by atoms with van der Waals surface area (Å²) < 4.78 is 41.5. The van der Waals surface area contributed by atoms with Gasteiger partial charge in [-0.3, -0.25) is 4.79 Å². The molecule has 0 radical (unpaired) electrons. The number of rotatable bonds is 6. The van der Waals surface area contributed by atoms with E-state index in [1.807, 2.05) is 30.3 Å². The van der Waals surface area contributed by atoms with E-state index in [1.165, 1.54) is 42.5 Å². The van der Waals surface area contributed by atoms with Crippen LogP contribution in [-0.4, -0.2) is 14.3 Å². The monoisotopic (exact) mass is 412 g/mol. The van der Waals surface area contributed by atoms with E-state index in [9.17, 15) is 17.6 Å². The highest BCUT2D eigenvalue weighted by Gasteiger charge is 2.20. The molecule has 3 aromatic carbocycles. The number of carbonyl (C=O) groups excluding carboxylic acids is 1. The number of sulfonamides is 1. The zero-order valence-electron chi connectivity index (χ0n) is 16.0. The van der Waals surface area contributed by atoms with Crippen molar-refractivity contribution >= 4 is 21.6 Å². The third kappa shape index (κ3) is 5.07. The standard InChI is InChI=1S/C22H21FN2O3S/c1-15-13-19(11-12-21(15)23)24-22(26)18-9-6-10-20(14-18)29(27,28)25-16(2)17-7-4-3-5-8-17/h3-14,16,25H,1-2H3,(H,24,26). The van der Waals surface area contributed by atoms with Gasteiger partial charge in [-0.15, -0.1) is 0 Å². The summed E-state index contributed by atoms with van der Waals surface area (Å²) in [5.41, 5.74) is 1.84. The maximum absolute atomic E-state index is 13.4. The first-order chi connectivity index (χ1) is 13.8. The van der Waals surface area contributed by atoms with Gasteiger partial charge in [0, 0.05) is 17.3 Å². The van der Waals surface area contributed by atoms with Gasteiger partial charge in [0.1, 0.15) is 5.82 Å². The van der Waals surface area contributed by atoms with Crippen LogP contribution >= 0.6 is 0 Å². The lowest BCUT2D eigenvalue weighted by Crippen LogP contribution is -2.27. The van der Waals surface area contributed by atoms with Crippen molar-refractivity contribution in [3.63, 3.8) is 0 Å². The summed E-state index contributed by atoms with van der Waals surface area (Å²) in [6.45, 7) is 3.35. The molecule has 1 atom stereocenters. The topological polar surface area (TPSA) is 75.3 Å². The average Bonchev–Trinajstić information content (AvgIpc) is 2.71. The van der Waals surface area contributed by atoms with E-state index in [-0.39, 0.29) is 16.3 Å². The summed E-state index contributed by atoms with van der Waals surface area (Å²) in [5.74, 6) is -0.848. The van der Waals surface area contributed by atoms with Crippen molar-refractivity contribution in [2.75, 3.05) is 5.32 Å². The van der Waals surface area contributed by atoms with E-state index in [0.717, 1.165) is 5.56 Å². The van der Waals surface area contributed by atoms with Crippen LogP contribution in [0, 0.1) is 12.7 Å². The molecule has 3 rings (SSSR count). The van der Waals surface area contributed by atoms with Gasteiger partial charge in [-0.05, 0) is 61.4 Å². The van der Waals surface area contributed by atoms with E-state index in [0.29, 0.717) is 11.3 Å². The van der Waals surface area contributed by atoms with Gasteiger partial charge in [0.15, 0.2) is 0 Å². The summed E-state index contributed by atoms with van der Waals surface area (Å²) in [5, 5.41) is 2.65. The van der Waals surface area contributed by atoms with Crippen molar-refractivity contribution in [1.29, 1.82) is 0 Å². The SMILES string of the molecule is Cc1cc(NC(=O)c2cccc(S(=O)(=O)NC(C)c3ccccc3)c2)ccc1F. The van der Waals surface area contributed by atoms with Crippen molar-refractivity contribution in [2.45, 2.75) is 24.8 Å². The predicted octanol–water partition coefficient (Wildman–Crippen LogP) is 4.43. The molecule has 0 aliphatic carbocycles. The van der Waals surface area contributed by atoms with E-state index in [2.05, 4.69) is 10.0 Å². The Bertz CT molecular complexity index is 1130. The highest BCUT2D eigenvalue weighted by atomic mass is 32.2. The maximum Gasteiger partial charge on any atom is 0.255 e. The Morgan fingerprint density at radius 2 is 1.69 bits per heavy atom. The number of aryl methyl sites for hydroxylation is 1. The first-order valence-corrected chi connectivity index (χ1v) is 10.5. The van der Waals surface area contributed by atoms with Crippen LogP contribution in [0.15, 0.2) is 77.7 Å². The van der Waals surface area contributed by atoms with Crippen molar-refractivity contribution in [2.24, 2.45) is 0 Å². The molecule has 1 unspecified atom stereocenters. The Morgan fingerprint density at radius 1 is 0.966 bits per heavy atom. The molecule has 0 saturated heterocycles. The van der Waals surface area contributed by atoms with Gasteiger partial charge in [-0.1, -0.05) is 36.4 Å². The predicted molar refractivity (Wildman–Crippen MR) is 111 cm³/mol. The van der Waals surface area contributed by atoms with Crippen molar-refractivity contribution in [3.05, 3.63) is 95.3 Å². The Balaban J connectivity index is 1.78. The van der Waals surface area contributed by atoms with E-state index in [4.69, 9.17) is 0 Å². The van der Waals surface area contributed by atoms with Crippen LogP contribution in [0.3, 0.4) is 0 Å². The molecule has 0 saturated carbocycles. The first kappa shape index (κ1) is 20.7. The Morgan fingerprint density at radius 3 is 2.38 bits per heavy atom. The highest BCUT2D eigenvalue weighted by molar-refractivity contribution is 7.89. The van der Waals surface area contributed by atoms with E-state index in [1.54, 1.807) is 13.8 Å². The first-order valence-electron chi connectivity index (χ1n) is 9.01. The second-order valence-electron chi connectivity index (χ2n) is 6.70. The molecule has 0 bridgehead atoms. The molecule has 1 amide bonds. The van der Waals surface area contributed by atoms with Gasteiger partial charge < -0.3 is 5.32 Å². The third-order valence-corrected chi connectivity index (χ3v) is 5.99. The number of halogens is 1. The summed E-state index contributed by atoms with van der Waals surface area (Å²) in [6, 6.07) is 18.8. The zero-order valence-corrected chi connectivity index (χ0v) is 16.8. The Labute approximate surface area is 169 Å². The number of hydrogen-bond donors (Lipinski definition) is 2. The molecule has 7 heteroatoms. The van der Waals surface area contributed by atoms with Crippen molar-refractivity contribution < 1.29 is 17.6 Å². The smallest absolute Gasteiger partial charge is 0.255 e. The van der Waals surface area contributed by atoms with Gasteiger partial charge >= 0.3 is 0 Å². The number of benzene rings is 3. The van der Waals surface area contributed by atoms with Gasteiger partial charge in [0.25, 0.3) is 5.91 Å². The fourth-order valence-corrected chi connectivity index (χ4v) is 4.12. The molecule has 150 valence electrons. The van der Waals surface area contributed by atoms with Crippen LogP contribution in [0.25, 0.3) is 0 Å². The summed E-state index contributed by atoms with van der Waals surface area (Å²) in [4.78, 5) is 12.5. The van der Waals surface area contributed by atoms with Crippen LogP contribution in [0.2, 0.25) is 0 Å². The number of amides is 1. The Kier molecular flexibility index (Phi) is 6.10. The number of hydrogen-bond acceptors (Lipinski definition) is 3. The minimum absolute atomic E-state index is 0.0109. The molecule has 2 N–H and O–H groups in total. The minimum atomic E-state index is -3.83. The van der Waals surface area contributed by atoms with Gasteiger partial charge in [0.2, 0.25) is 10.0 Å². The molecular formula is C22H21FN2O3S. The number of nitrogens with one attached hydrogen (secondary N) is 2. The van der Waals surface area contributed by atoms with Gasteiger partial charge in [0.05, 0.1) is 4.90 Å². The second kappa shape index (κ2) is 8.55. The maximum atomic E-state index is 13.4. The van der Waals surface area contributed by atoms with Crippen LogP contribution < -0.4 is 10.0 Å². The third-order valence-electron chi connectivity index (χ3n) is 4.45. The lowest BCUT2D eigenvalue weighted by molar-refractivity contribution is 0.102. The lowest BCUT2D eigenvalue weighted by atomic mass is 10.1. The molecule has 29 heavy (non-hydrogen) atoms. The normalized spacial score (nSPS) is 12.4. The van der Waals surface area contributed by atoms with Gasteiger partial charge in [-0.25, -0.2) is 17.5 Å². The summed E-state index contributed by atoms with van der Waals surface area (Å²) in [7, 11) is -3.83. The van der Waals surface area contributed by atoms with Crippen molar-refractivity contribution in [1.82, 2.24) is 4.72 Å². The molecule has 0 aliphatic rings. The van der Waals surface area contributed by atoms with Crippen LogP contribution in [0.1, 0.15) is 34.5 Å². The average molecular weight is 412 g/mol. The Hall–Kier alpha value is -3.03. The largest absolute Gasteiger partial charge is 0.322 e. The fourth-order valence-electron chi connectivity index (χ4n) is 2.84. The summed E-state index contributed by atoms with van der Waals surface area (Å²) in [6.07, 6.45) is 0. The highest BCUT2D eigenvalue weighted by Crippen LogP contribution is 2.19. The number of carbonyl (C=O) groups is 1. The van der Waals surface area contributed by atoms with Gasteiger partial charge in [-0.2, -0.15) is 0 Å². The summed E-state index contributed by atoms with van der Waals surface area (Å²) >= 11 is 0. The molecular weight excluding hydrogens is 391 g/mol. The molecule has 0 aliphatic heterocycles. The fraction of sp³-hybridized carbons (Fsp3) is 0.136. The van der Waals surface area contributed by atoms with E-state index >= 15 is 0 Å². The zero-order chi connectivity index (χ0) is 21.0. The molecule has 0 spiro atoms. The quantitative estimate of drug-likeness (QED) is 0.629.